The number of nitrogens with zero attached hydrogens (tertiary/aromatic N) is 2. The molecule has 1 aromatic carbocycles. The SMILES string of the molecule is CC(C)CC(CNS(=O)(=O)c1ccc2c(c1)oc(=O)n2C)N1CCCC1. The number of likely N-dealkylation sites (tertiary alicyclic amines) is 1. The third-order valence-electron chi connectivity index (χ3n) is 4.98. The van der Waals surface area contributed by atoms with E-state index in [0.717, 1.165) is 19.5 Å². The summed E-state index contributed by atoms with van der Waals surface area (Å²) >= 11 is 0. The van der Waals surface area contributed by atoms with Gasteiger partial charge in [0.05, 0.1) is 10.4 Å². The molecule has 2 heterocycles. The van der Waals surface area contributed by atoms with E-state index in [2.05, 4.69) is 23.5 Å². The molecular weight excluding hydrogens is 354 g/mol. The summed E-state index contributed by atoms with van der Waals surface area (Å²) in [5.41, 5.74) is 0.849. The lowest BCUT2D eigenvalue weighted by Gasteiger charge is -2.29. The Balaban J connectivity index is 1.77. The molecule has 3 rings (SSSR count). The van der Waals surface area contributed by atoms with Crippen LogP contribution < -0.4 is 10.5 Å². The quantitative estimate of drug-likeness (QED) is 0.792. The van der Waals surface area contributed by atoms with E-state index in [-0.39, 0.29) is 16.5 Å². The fourth-order valence-electron chi connectivity index (χ4n) is 3.58. The average Bonchev–Trinajstić information content (AvgIpc) is 3.20. The molecule has 0 saturated carbocycles. The zero-order valence-corrected chi connectivity index (χ0v) is 16.4. The van der Waals surface area contributed by atoms with Gasteiger partial charge in [0.15, 0.2) is 5.58 Å². The van der Waals surface area contributed by atoms with Crippen LogP contribution >= 0.6 is 0 Å². The highest BCUT2D eigenvalue weighted by Crippen LogP contribution is 2.20. The predicted molar refractivity (Wildman–Crippen MR) is 101 cm³/mol. The highest BCUT2D eigenvalue weighted by atomic mass is 32.2. The minimum Gasteiger partial charge on any atom is -0.408 e. The van der Waals surface area contributed by atoms with Crippen LogP contribution in [0.25, 0.3) is 11.1 Å². The zero-order chi connectivity index (χ0) is 18.9. The predicted octanol–water partition coefficient (Wildman–Crippen LogP) is 1.92. The van der Waals surface area contributed by atoms with Gasteiger partial charge in [-0.2, -0.15) is 0 Å². The minimum absolute atomic E-state index is 0.115. The number of aromatic nitrogens is 1. The zero-order valence-electron chi connectivity index (χ0n) is 15.6. The van der Waals surface area contributed by atoms with E-state index >= 15 is 0 Å². The Morgan fingerprint density at radius 1 is 1.23 bits per heavy atom. The molecule has 26 heavy (non-hydrogen) atoms. The number of aryl methyl sites for hydroxylation is 1. The number of sulfonamides is 1. The summed E-state index contributed by atoms with van der Waals surface area (Å²) in [6.45, 7) is 6.75. The van der Waals surface area contributed by atoms with Crippen molar-refractivity contribution in [3.05, 3.63) is 28.7 Å². The monoisotopic (exact) mass is 381 g/mol. The van der Waals surface area contributed by atoms with Crippen molar-refractivity contribution in [1.29, 1.82) is 0 Å². The van der Waals surface area contributed by atoms with Crippen LogP contribution in [0, 0.1) is 5.92 Å². The van der Waals surface area contributed by atoms with Crippen molar-refractivity contribution in [2.24, 2.45) is 13.0 Å². The first-order valence-electron chi connectivity index (χ1n) is 9.11. The molecule has 0 radical (unpaired) electrons. The van der Waals surface area contributed by atoms with E-state index in [0.29, 0.717) is 18.0 Å². The third-order valence-corrected chi connectivity index (χ3v) is 6.40. The van der Waals surface area contributed by atoms with E-state index in [1.54, 1.807) is 13.1 Å². The van der Waals surface area contributed by atoms with Gasteiger partial charge >= 0.3 is 5.76 Å². The Morgan fingerprint density at radius 3 is 2.58 bits per heavy atom. The molecule has 1 aliphatic heterocycles. The maximum absolute atomic E-state index is 12.7. The van der Waals surface area contributed by atoms with Gasteiger partial charge in [-0.15, -0.1) is 0 Å². The van der Waals surface area contributed by atoms with Crippen molar-refractivity contribution < 1.29 is 12.8 Å². The molecule has 1 saturated heterocycles. The Bertz CT molecular complexity index is 924. The van der Waals surface area contributed by atoms with Crippen molar-refractivity contribution in [1.82, 2.24) is 14.2 Å². The van der Waals surface area contributed by atoms with Crippen LogP contribution in [0.2, 0.25) is 0 Å². The molecule has 144 valence electrons. The standard InChI is InChI=1S/C18H27N3O4S/c1-13(2)10-14(21-8-4-5-9-21)12-19-26(23,24)15-6-7-16-17(11-15)25-18(22)20(16)3/h6-7,11,13-14,19H,4-5,8-10,12H2,1-3H3. The molecule has 1 atom stereocenters. The Labute approximate surface area is 154 Å². The topological polar surface area (TPSA) is 84.5 Å². The summed E-state index contributed by atoms with van der Waals surface area (Å²) in [4.78, 5) is 14.1. The molecule has 8 heteroatoms. The number of fused-ring (bicyclic) bond motifs is 1. The summed E-state index contributed by atoms with van der Waals surface area (Å²) in [6.07, 6.45) is 3.30. The first-order valence-corrected chi connectivity index (χ1v) is 10.6. The van der Waals surface area contributed by atoms with Gasteiger partial charge in [-0.05, 0) is 50.4 Å². The van der Waals surface area contributed by atoms with E-state index in [1.807, 2.05) is 0 Å². The second kappa shape index (κ2) is 7.54. The number of oxazole rings is 1. The summed E-state index contributed by atoms with van der Waals surface area (Å²) in [5.74, 6) is -0.00594. The maximum atomic E-state index is 12.7. The van der Waals surface area contributed by atoms with Crippen LogP contribution in [0.3, 0.4) is 0 Å². The van der Waals surface area contributed by atoms with Crippen LogP contribution in [-0.2, 0) is 17.1 Å². The van der Waals surface area contributed by atoms with Crippen molar-refractivity contribution in [3.63, 3.8) is 0 Å². The first kappa shape index (κ1) is 19.1. The first-order chi connectivity index (χ1) is 12.3. The van der Waals surface area contributed by atoms with Crippen LogP contribution in [0.15, 0.2) is 32.3 Å². The van der Waals surface area contributed by atoms with E-state index in [1.165, 1.54) is 29.5 Å². The van der Waals surface area contributed by atoms with Gasteiger partial charge in [0.1, 0.15) is 0 Å². The van der Waals surface area contributed by atoms with Gasteiger partial charge in [-0.3, -0.25) is 9.47 Å². The Kier molecular flexibility index (Phi) is 5.55. The molecule has 0 aliphatic carbocycles. The Hall–Kier alpha value is -1.64. The van der Waals surface area contributed by atoms with Crippen molar-refractivity contribution >= 4 is 21.1 Å². The molecule has 0 amide bonds. The summed E-state index contributed by atoms with van der Waals surface area (Å²) in [5, 5.41) is 0. The number of nitrogens with one attached hydrogen (secondary N) is 1. The minimum atomic E-state index is -3.66. The summed E-state index contributed by atoms with van der Waals surface area (Å²) in [6, 6.07) is 4.71. The fourth-order valence-corrected chi connectivity index (χ4v) is 4.67. The lowest BCUT2D eigenvalue weighted by atomic mass is 10.0. The molecule has 1 N–H and O–H groups in total. The number of hydrogen-bond donors (Lipinski definition) is 1. The van der Waals surface area contributed by atoms with Crippen LogP contribution in [0.5, 0.6) is 0 Å². The largest absolute Gasteiger partial charge is 0.419 e. The normalized spacial score (nSPS) is 17.4. The Morgan fingerprint density at radius 2 is 1.92 bits per heavy atom. The molecule has 1 unspecified atom stereocenters. The average molecular weight is 381 g/mol. The third kappa shape index (κ3) is 4.02. The van der Waals surface area contributed by atoms with Crippen LogP contribution in [-0.4, -0.2) is 43.6 Å². The van der Waals surface area contributed by atoms with Crippen LogP contribution in [0.1, 0.15) is 33.1 Å². The lowest BCUT2D eigenvalue weighted by molar-refractivity contribution is 0.214. The van der Waals surface area contributed by atoms with E-state index < -0.39 is 15.8 Å². The molecule has 0 bridgehead atoms. The van der Waals surface area contributed by atoms with E-state index in [4.69, 9.17) is 4.42 Å². The molecular formula is C18H27N3O4S. The second-order valence-corrected chi connectivity index (χ2v) is 9.20. The second-order valence-electron chi connectivity index (χ2n) is 7.43. The maximum Gasteiger partial charge on any atom is 0.419 e. The summed E-state index contributed by atoms with van der Waals surface area (Å²) < 4.78 is 34.6. The number of rotatable bonds is 7. The van der Waals surface area contributed by atoms with Gasteiger partial charge in [0.2, 0.25) is 10.0 Å². The van der Waals surface area contributed by atoms with Gasteiger partial charge in [-0.1, -0.05) is 13.8 Å². The molecule has 0 spiro atoms. The molecule has 7 nitrogen and oxygen atoms in total. The van der Waals surface area contributed by atoms with Crippen molar-refractivity contribution in [2.75, 3.05) is 19.6 Å². The number of benzene rings is 1. The van der Waals surface area contributed by atoms with Gasteiger partial charge in [0.25, 0.3) is 0 Å². The molecule has 1 fully saturated rings. The fraction of sp³-hybridized carbons (Fsp3) is 0.611. The van der Waals surface area contributed by atoms with Crippen molar-refractivity contribution in [3.8, 4) is 0 Å². The summed E-state index contributed by atoms with van der Waals surface area (Å²) in [7, 11) is -2.07. The molecule has 1 aliphatic rings. The molecule has 2 aromatic rings. The van der Waals surface area contributed by atoms with Gasteiger partial charge in [0, 0.05) is 25.7 Å². The smallest absolute Gasteiger partial charge is 0.408 e. The highest BCUT2D eigenvalue weighted by molar-refractivity contribution is 7.89. The van der Waals surface area contributed by atoms with Gasteiger partial charge < -0.3 is 4.42 Å². The van der Waals surface area contributed by atoms with Crippen LogP contribution in [0.4, 0.5) is 0 Å². The van der Waals surface area contributed by atoms with Gasteiger partial charge in [-0.25, -0.2) is 17.9 Å². The van der Waals surface area contributed by atoms with Crippen molar-refractivity contribution in [2.45, 2.75) is 44.0 Å². The molecule has 1 aromatic heterocycles. The van der Waals surface area contributed by atoms with E-state index in [9.17, 15) is 13.2 Å². The lowest BCUT2D eigenvalue weighted by Crippen LogP contribution is -2.43. The number of hydrogen-bond acceptors (Lipinski definition) is 5. The highest BCUT2D eigenvalue weighted by Gasteiger charge is 2.25.